The molecule has 0 spiro atoms. The molecule has 1 saturated heterocycles. The largest absolute Gasteiger partial charge is 0.388 e. The van der Waals surface area contributed by atoms with E-state index in [1.54, 1.807) is 11.3 Å². The van der Waals surface area contributed by atoms with Crippen LogP contribution in [0.1, 0.15) is 30.8 Å². The van der Waals surface area contributed by atoms with Crippen molar-refractivity contribution in [1.82, 2.24) is 10.3 Å². The summed E-state index contributed by atoms with van der Waals surface area (Å²) in [5, 5.41) is 14.9. The average molecular weight is 292 g/mol. The molecule has 0 amide bonds. The minimum absolute atomic E-state index is 0.152. The molecule has 4 nitrogen and oxygen atoms in total. The van der Waals surface area contributed by atoms with Gasteiger partial charge in [0.05, 0.1) is 21.9 Å². The fourth-order valence-electron chi connectivity index (χ4n) is 2.43. The summed E-state index contributed by atoms with van der Waals surface area (Å²) in [5.74, 6) is 0. The fraction of sp³-hybridized carbons (Fsp3) is 0.533. The van der Waals surface area contributed by atoms with Crippen LogP contribution in [0.15, 0.2) is 24.3 Å². The molecule has 5 heteroatoms. The molecular formula is C15H20N2O2S. The lowest BCUT2D eigenvalue weighted by Crippen LogP contribution is -2.45. The van der Waals surface area contributed by atoms with Gasteiger partial charge < -0.3 is 15.2 Å². The molecule has 1 fully saturated rings. The minimum Gasteiger partial charge on any atom is -0.388 e. The number of nitrogens with one attached hydrogen (secondary N) is 1. The smallest absolute Gasteiger partial charge is 0.111 e. The van der Waals surface area contributed by atoms with Crippen molar-refractivity contribution >= 4 is 21.6 Å². The molecule has 1 aromatic carbocycles. The highest BCUT2D eigenvalue weighted by Crippen LogP contribution is 2.27. The van der Waals surface area contributed by atoms with Crippen molar-refractivity contribution in [1.29, 1.82) is 0 Å². The molecule has 0 saturated carbocycles. The molecule has 1 atom stereocenters. The van der Waals surface area contributed by atoms with Crippen LogP contribution in [0.5, 0.6) is 0 Å². The summed E-state index contributed by atoms with van der Waals surface area (Å²) in [6.07, 6.45) is 1.40. The van der Waals surface area contributed by atoms with Crippen molar-refractivity contribution in [3.8, 4) is 0 Å². The van der Waals surface area contributed by atoms with Crippen LogP contribution in [0.4, 0.5) is 0 Å². The number of benzene rings is 1. The fourth-order valence-corrected chi connectivity index (χ4v) is 3.43. The van der Waals surface area contributed by atoms with Gasteiger partial charge in [-0.3, -0.25) is 0 Å². The zero-order valence-corrected chi connectivity index (χ0v) is 12.4. The topological polar surface area (TPSA) is 54.4 Å². The SMILES string of the molecule is CC(NCC1(O)CCOCC1)c1nc2ccccc2s1. The molecule has 20 heavy (non-hydrogen) atoms. The average Bonchev–Trinajstić information content (AvgIpc) is 2.89. The van der Waals surface area contributed by atoms with E-state index in [2.05, 4.69) is 23.3 Å². The monoisotopic (exact) mass is 292 g/mol. The highest BCUT2D eigenvalue weighted by atomic mass is 32.1. The first-order valence-corrected chi connectivity index (χ1v) is 7.87. The van der Waals surface area contributed by atoms with Crippen molar-refractivity contribution in [3.05, 3.63) is 29.3 Å². The molecule has 1 aliphatic heterocycles. The molecule has 2 aromatic rings. The van der Waals surface area contributed by atoms with E-state index >= 15 is 0 Å². The first kappa shape index (κ1) is 13.9. The summed E-state index contributed by atoms with van der Waals surface area (Å²) in [6, 6.07) is 8.32. The van der Waals surface area contributed by atoms with Gasteiger partial charge in [-0.2, -0.15) is 0 Å². The lowest BCUT2D eigenvalue weighted by Gasteiger charge is -2.33. The zero-order valence-electron chi connectivity index (χ0n) is 11.6. The second kappa shape index (κ2) is 5.77. The van der Waals surface area contributed by atoms with E-state index in [-0.39, 0.29) is 6.04 Å². The van der Waals surface area contributed by atoms with Gasteiger partial charge in [-0.15, -0.1) is 11.3 Å². The Morgan fingerprint density at radius 2 is 2.15 bits per heavy atom. The van der Waals surface area contributed by atoms with Crippen LogP contribution in [0.2, 0.25) is 0 Å². The predicted molar refractivity (Wildman–Crippen MR) is 81.0 cm³/mol. The number of para-hydroxylation sites is 1. The second-order valence-electron chi connectivity index (χ2n) is 5.46. The molecule has 3 rings (SSSR count). The standard InChI is InChI=1S/C15H20N2O2S/c1-11(16-10-15(18)6-8-19-9-7-15)14-17-12-4-2-3-5-13(12)20-14/h2-5,11,16,18H,6-10H2,1H3. The van der Waals surface area contributed by atoms with Crippen molar-refractivity contribution < 1.29 is 9.84 Å². The van der Waals surface area contributed by atoms with Gasteiger partial charge in [0.1, 0.15) is 5.01 Å². The van der Waals surface area contributed by atoms with E-state index in [9.17, 15) is 5.11 Å². The normalized spacial score (nSPS) is 20.1. The quantitative estimate of drug-likeness (QED) is 0.909. The molecule has 0 radical (unpaired) electrons. The lowest BCUT2D eigenvalue weighted by molar-refractivity contribution is -0.0626. The molecule has 1 aromatic heterocycles. The summed E-state index contributed by atoms with van der Waals surface area (Å²) >= 11 is 1.71. The van der Waals surface area contributed by atoms with Gasteiger partial charge in [0, 0.05) is 32.6 Å². The molecule has 1 aliphatic rings. The highest BCUT2D eigenvalue weighted by molar-refractivity contribution is 7.18. The third-order valence-electron chi connectivity index (χ3n) is 3.84. The Balaban J connectivity index is 1.65. The number of hydrogen-bond acceptors (Lipinski definition) is 5. The Morgan fingerprint density at radius 1 is 1.40 bits per heavy atom. The van der Waals surface area contributed by atoms with Crippen molar-refractivity contribution in [2.75, 3.05) is 19.8 Å². The number of fused-ring (bicyclic) bond motifs is 1. The van der Waals surface area contributed by atoms with Gasteiger partial charge in [0.15, 0.2) is 0 Å². The Bertz CT molecular complexity index is 545. The van der Waals surface area contributed by atoms with E-state index in [1.165, 1.54) is 4.70 Å². The van der Waals surface area contributed by atoms with Crippen LogP contribution in [-0.4, -0.2) is 35.5 Å². The molecule has 1 unspecified atom stereocenters. The molecular weight excluding hydrogens is 272 g/mol. The third kappa shape index (κ3) is 3.01. The molecule has 108 valence electrons. The van der Waals surface area contributed by atoms with Crippen LogP contribution in [-0.2, 0) is 4.74 Å². The Labute approximate surface area is 122 Å². The van der Waals surface area contributed by atoms with E-state index in [0.29, 0.717) is 32.6 Å². The maximum atomic E-state index is 10.4. The van der Waals surface area contributed by atoms with Crippen LogP contribution >= 0.6 is 11.3 Å². The van der Waals surface area contributed by atoms with Crippen LogP contribution in [0.3, 0.4) is 0 Å². The first-order valence-electron chi connectivity index (χ1n) is 7.05. The van der Waals surface area contributed by atoms with Crippen LogP contribution < -0.4 is 5.32 Å². The summed E-state index contributed by atoms with van der Waals surface area (Å²) in [6.45, 7) is 3.98. The second-order valence-corrected chi connectivity index (χ2v) is 6.52. The number of rotatable bonds is 4. The number of hydrogen-bond donors (Lipinski definition) is 2. The summed E-state index contributed by atoms with van der Waals surface area (Å²) < 4.78 is 6.51. The van der Waals surface area contributed by atoms with E-state index in [1.807, 2.05) is 18.2 Å². The van der Waals surface area contributed by atoms with E-state index in [4.69, 9.17) is 4.74 Å². The van der Waals surface area contributed by atoms with Crippen molar-refractivity contribution in [2.24, 2.45) is 0 Å². The Morgan fingerprint density at radius 3 is 2.90 bits per heavy atom. The van der Waals surface area contributed by atoms with Crippen molar-refractivity contribution in [3.63, 3.8) is 0 Å². The molecule has 0 bridgehead atoms. The number of thiazole rings is 1. The summed E-state index contributed by atoms with van der Waals surface area (Å²) in [5.41, 5.74) is 0.411. The number of aromatic nitrogens is 1. The Hall–Kier alpha value is -1.01. The number of ether oxygens (including phenoxy) is 1. The van der Waals surface area contributed by atoms with E-state index in [0.717, 1.165) is 10.5 Å². The zero-order chi connectivity index (χ0) is 14.0. The molecule has 2 heterocycles. The van der Waals surface area contributed by atoms with E-state index < -0.39 is 5.60 Å². The summed E-state index contributed by atoms with van der Waals surface area (Å²) in [4.78, 5) is 4.65. The van der Waals surface area contributed by atoms with Crippen LogP contribution in [0.25, 0.3) is 10.2 Å². The van der Waals surface area contributed by atoms with Gasteiger partial charge in [0.25, 0.3) is 0 Å². The van der Waals surface area contributed by atoms with Gasteiger partial charge in [0.2, 0.25) is 0 Å². The maximum absolute atomic E-state index is 10.4. The maximum Gasteiger partial charge on any atom is 0.111 e. The van der Waals surface area contributed by atoms with Crippen molar-refractivity contribution in [2.45, 2.75) is 31.4 Å². The highest BCUT2D eigenvalue weighted by Gasteiger charge is 2.30. The molecule has 2 N–H and O–H groups in total. The number of nitrogens with zero attached hydrogens (tertiary/aromatic N) is 1. The van der Waals surface area contributed by atoms with Crippen LogP contribution in [0, 0.1) is 0 Å². The van der Waals surface area contributed by atoms with Gasteiger partial charge in [-0.25, -0.2) is 4.98 Å². The molecule has 0 aliphatic carbocycles. The van der Waals surface area contributed by atoms with Gasteiger partial charge in [-0.1, -0.05) is 12.1 Å². The summed E-state index contributed by atoms with van der Waals surface area (Å²) in [7, 11) is 0. The number of aliphatic hydroxyl groups is 1. The lowest BCUT2D eigenvalue weighted by atomic mass is 9.94. The first-order chi connectivity index (χ1) is 9.66. The third-order valence-corrected chi connectivity index (χ3v) is 5.06. The Kier molecular flexibility index (Phi) is 4.03. The predicted octanol–water partition coefficient (Wildman–Crippen LogP) is 2.49. The van der Waals surface area contributed by atoms with Gasteiger partial charge >= 0.3 is 0 Å². The van der Waals surface area contributed by atoms with Gasteiger partial charge in [-0.05, 0) is 19.1 Å². The minimum atomic E-state index is -0.636.